The van der Waals surface area contributed by atoms with Crippen LogP contribution in [0, 0.1) is 0 Å². The molecule has 0 radical (unpaired) electrons. The summed E-state index contributed by atoms with van der Waals surface area (Å²) >= 11 is 0. The Morgan fingerprint density at radius 1 is 1.16 bits per heavy atom. The van der Waals surface area contributed by atoms with Gasteiger partial charge in [0.15, 0.2) is 17.3 Å². The molecule has 124 valence electrons. The Bertz CT molecular complexity index is 1060. The zero-order valence-electron chi connectivity index (χ0n) is 13.2. The van der Waals surface area contributed by atoms with Crippen molar-refractivity contribution in [3.8, 4) is 28.8 Å². The third-order valence-corrected chi connectivity index (χ3v) is 3.64. The molecule has 25 heavy (non-hydrogen) atoms. The summed E-state index contributed by atoms with van der Waals surface area (Å²) in [6.45, 7) is 0. The molecular formula is C16H13N7O2. The van der Waals surface area contributed by atoms with Gasteiger partial charge in [0.2, 0.25) is 11.8 Å². The minimum absolute atomic E-state index is 0.0327. The van der Waals surface area contributed by atoms with Gasteiger partial charge in [0.1, 0.15) is 12.0 Å². The number of pyridine rings is 1. The molecule has 9 heteroatoms. The SMILES string of the molecule is COc1cc2ncnc(-n3nc(-c4ccccn4)nc3N)c2cc1O. The highest BCUT2D eigenvalue weighted by Crippen LogP contribution is 2.32. The van der Waals surface area contributed by atoms with Gasteiger partial charge in [-0.15, -0.1) is 5.10 Å². The lowest BCUT2D eigenvalue weighted by Gasteiger charge is -2.08. The van der Waals surface area contributed by atoms with Gasteiger partial charge < -0.3 is 15.6 Å². The maximum absolute atomic E-state index is 10.1. The number of phenolic OH excluding ortho intramolecular Hbond substituents is 1. The van der Waals surface area contributed by atoms with Gasteiger partial charge in [-0.3, -0.25) is 4.98 Å². The van der Waals surface area contributed by atoms with Crippen LogP contribution in [0.1, 0.15) is 0 Å². The van der Waals surface area contributed by atoms with E-state index in [-0.39, 0.29) is 11.7 Å². The molecule has 0 spiro atoms. The van der Waals surface area contributed by atoms with Crippen molar-refractivity contribution < 1.29 is 9.84 Å². The van der Waals surface area contributed by atoms with Crippen LogP contribution in [0.3, 0.4) is 0 Å². The number of rotatable bonds is 3. The number of benzene rings is 1. The van der Waals surface area contributed by atoms with Crippen molar-refractivity contribution in [2.45, 2.75) is 0 Å². The lowest BCUT2D eigenvalue weighted by atomic mass is 10.2. The predicted octanol–water partition coefficient (Wildman–Crippen LogP) is 1.57. The summed E-state index contributed by atoms with van der Waals surface area (Å²) in [6, 6.07) is 8.54. The zero-order chi connectivity index (χ0) is 17.4. The first-order valence-corrected chi connectivity index (χ1v) is 7.33. The molecule has 0 aliphatic carbocycles. The Labute approximate surface area is 141 Å². The maximum Gasteiger partial charge on any atom is 0.225 e. The van der Waals surface area contributed by atoms with Crippen molar-refractivity contribution in [1.82, 2.24) is 29.7 Å². The van der Waals surface area contributed by atoms with Crippen LogP contribution in [0.4, 0.5) is 5.95 Å². The molecule has 0 saturated carbocycles. The highest BCUT2D eigenvalue weighted by molar-refractivity contribution is 5.88. The summed E-state index contributed by atoms with van der Waals surface area (Å²) in [5.41, 5.74) is 7.18. The van der Waals surface area contributed by atoms with Crippen molar-refractivity contribution in [3.63, 3.8) is 0 Å². The second-order valence-electron chi connectivity index (χ2n) is 5.16. The molecule has 0 unspecified atom stereocenters. The van der Waals surface area contributed by atoms with E-state index in [0.29, 0.717) is 34.0 Å². The molecule has 3 N–H and O–H groups in total. The topological polar surface area (TPSA) is 125 Å². The number of anilines is 1. The van der Waals surface area contributed by atoms with E-state index in [1.54, 1.807) is 24.4 Å². The number of aromatic hydroxyl groups is 1. The number of phenols is 1. The average Bonchev–Trinajstić information content (AvgIpc) is 3.03. The van der Waals surface area contributed by atoms with Gasteiger partial charge in [-0.05, 0) is 18.2 Å². The highest BCUT2D eigenvalue weighted by Gasteiger charge is 2.16. The molecule has 0 aliphatic rings. The van der Waals surface area contributed by atoms with Crippen molar-refractivity contribution in [1.29, 1.82) is 0 Å². The fourth-order valence-electron chi connectivity index (χ4n) is 2.47. The van der Waals surface area contributed by atoms with Gasteiger partial charge >= 0.3 is 0 Å². The van der Waals surface area contributed by atoms with E-state index in [1.165, 1.54) is 24.2 Å². The van der Waals surface area contributed by atoms with E-state index in [1.807, 2.05) is 6.07 Å². The molecule has 0 atom stereocenters. The minimum Gasteiger partial charge on any atom is -0.504 e. The normalized spacial score (nSPS) is 10.9. The molecule has 0 bridgehead atoms. The first kappa shape index (κ1) is 14.8. The summed E-state index contributed by atoms with van der Waals surface area (Å²) < 4.78 is 6.50. The quantitative estimate of drug-likeness (QED) is 0.578. The predicted molar refractivity (Wildman–Crippen MR) is 90.3 cm³/mol. The Kier molecular flexibility index (Phi) is 3.38. The molecule has 4 rings (SSSR count). The van der Waals surface area contributed by atoms with Crippen molar-refractivity contribution in [3.05, 3.63) is 42.9 Å². The fourth-order valence-corrected chi connectivity index (χ4v) is 2.47. The van der Waals surface area contributed by atoms with Crippen LogP contribution in [0.5, 0.6) is 11.5 Å². The second kappa shape index (κ2) is 5.71. The van der Waals surface area contributed by atoms with Gasteiger partial charge in [0.25, 0.3) is 0 Å². The number of fused-ring (bicyclic) bond motifs is 1. The van der Waals surface area contributed by atoms with Crippen LogP contribution >= 0.6 is 0 Å². The second-order valence-corrected chi connectivity index (χ2v) is 5.16. The average molecular weight is 335 g/mol. The number of aromatic nitrogens is 6. The van der Waals surface area contributed by atoms with Crippen LogP contribution in [-0.4, -0.2) is 41.9 Å². The molecule has 4 aromatic rings. The van der Waals surface area contributed by atoms with E-state index in [2.05, 4.69) is 25.0 Å². The summed E-state index contributed by atoms with van der Waals surface area (Å²) in [5, 5.41) is 15.0. The first-order chi connectivity index (χ1) is 12.2. The van der Waals surface area contributed by atoms with Gasteiger partial charge in [-0.1, -0.05) is 6.07 Å². The van der Waals surface area contributed by atoms with E-state index in [9.17, 15) is 5.11 Å². The van der Waals surface area contributed by atoms with Gasteiger partial charge in [-0.2, -0.15) is 9.67 Å². The highest BCUT2D eigenvalue weighted by atomic mass is 16.5. The number of methoxy groups -OCH3 is 1. The Hall–Kier alpha value is -3.75. The Morgan fingerprint density at radius 3 is 2.80 bits per heavy atom. The van der Waals surface area contributed by atoms with Crippen LogP contribution in [-0.2, 0) is 0 Å². The molecule has 0 saturated heterocycles. The van der Waals surface area contributed by atoms with E-state index in [0.717, 1.165) is 0 Å². The largest absolute Gasteiger partial charge is 0.504 e. The van der Waals surface area contributed by atoms with Crippen LogP contribution in [0.25, 0.3) is 28.2 Å². The Morgan fingerprint density at radius 2 is 2.04 bits per heavy atom. The lowest BCUT2D eigenvalue weighted by molar-refractivity contribution is 0.374. The third-order valence-electron chi connectivity index (χ3n) is 3.64. The Balaban J connectivity index is 1.91. The fraction of sp³-hybridized carbons (Fsp3) is 0.0625. The molecular weight excluding hydrogens is 322 g/mol. The monoisotopic (exact) mass is 335 g/mol. The third kappa shape index (κ3) is 2.47. The molecule has 0 fully saturated rings. The van der Waals surface area contributed by atoms with Crippen molar-refractivity contribution in [2.75, 3.05) is 12.8 Å². The van der Waals surface area contributed by atoms with Gasteiger partial charge in [-0.25, -0.2) is 9.97 Å². The standard InChI is InChI=1S/C16H13N7O2/c1-25-13-7-11-9(6-12(13)24)15(20-8-19-11)23-16(17)21-14(22-23)10-4-2-3-5-18-10/h2-8,24H,1H3,(H2,17,21,22). The molecule has 1 aromatic carbocycles. The van der Waals surface area contributed by atoms with Crippen molar-refractivity contribution in [2.24, 2.45) is 0 Å². The van der Waals surface area contributed by atoms with E-state index < -0.39 is 0 Å². The summed E-state index contributed by atoms with van der Waals surface area (Å²) in [7, 11) is 1.47. The lowest BCUT2D eigenvalue weighted by Crippen LogP contribution is -2.06. The molecule has 0 amide bonds. The smallest absolute Gasteiger partial charge is 0.225 e. The number of nitrogens with zero attached hydrogens (tertiary/aromatic N) is 6. The number of nitrogen functional groups attached to an aromatic ring is 1. The summed E-state index contributed by atoms with van der Waals surface area (Å²) in [4.78, 5) is 16.9. The minimum atomic E-state index is -0.0327. The number of nitrogens with two attached hydrogens (primary N) is 1. The number of hydrogen-bond acceptors (Lipinski definition) is 8. The van der Waals surface area contributed by atoms with Crippen LogP contribution < -0.4 is 10.5 Å². The number of ether oxygens (including phenoxy) is 1. The van der Waals surface area contributed by atoms with Crippen molar-refractivity contribution >= 4 is 16.9 Å². The molecule has 3 heterocycles. The first-order valence-electron chi connectivity index (χ1n) is 7.33. The van der Waals surface area contributed by atoms with Crippen LogP contribution in [0.2, 0.25) is 0 Å². The van der Waals surface area contributed by atoms with E-state index in [4.69, 9.17) is 10.5 Å². The summed E-state index contributed by atoms with van der Waals surface area (Å²) in [5.74, 6) is 1.21. The van der Waals surface area contributed by atoms with Gasteiger partial charge in [0, 0.05) is 17.6 Å². The molecule has 3 aromatic heterocycles. The van der Waals surface area contributed by atoms with E-state index >= 15 is 0 Å². The maximum atomic E-state index is 10.1. The number of hydrogen-bond donors (Lipinski definition) is 2. The summed E-state index contributed by atoms with van der Waals surface area (Å²) in [6.07, 6.45) is 3.03. The molecule has 9 nitrogen and oxygen atoms in total. The zero-order valence-corrected chi connectivity index (χ0v) is 13.2. The molecule has 0 aliphatic heterocycles. The van der Waals surface area contributed by atoms with Gasteiger partial charge in [0.05, 0.1) is 12.6 Å². The van der Waals surface area contributed by atoms with Crippen LogP contribution in [0.15, 0.2) is 42.9 Å².